The van der Waals surface area contributed by atoms with E-state index in [1.165, 1.54) is 17.7 Å². The van der Waals surface area contributed by atoms with Crippen molar-refractivity contribution >= 4 is 40.1 Å². The first-order valence-corrected chi connectivity index (χ1v) is 9.05. The molecule has 0 saturated carbocycles. The van der Waals surface area contributed by atoms with E-state index in [9.17, 15) is 18.0 Å². The first-order valence-electron chi connectivity index (χ1n) is 8.29. The molecule has 0 fully saturated rings. The molecule has 0 spiro atoms. The fraction of sp³-hybridized carbons (Fsp3) is 0.263. The van der Waals surface area contributed by atoms with Crippen molar-refractivity contribution in [3.63, 3.8) is 0 Å². The number of aliphatic carboxylic acids is 1. The standard InChI is InChI=1S/C19H15Cl2F3N2O2/c1-10(18(27)28)6-16-14-5-3-12(19(22,23)24)7-17(14)26(25-16)9-11-2-4-13(20)8-15(11)21/h2-5,7-8,10H,6,9H2,1H3,(H,27,28). The largest absolute Gasteiger partial charge is 0.481 e. The van der Waals surface area contributed by atoms with Gasteiger partial charge in [-0.2, -0.15) is 18.3 Å². The summed E-state index contributed by atoms with van der Waals surface area (Å²) in [6, 6.07) is 8.15. The highest BCUT2D eigenvalue weighted by molar-refractivity contribution is 6.35. The number of alkyl halides is 3. The molecule has 3 rings (SSSR count). The van der Waals surface area contributed by atoms with Crippen molar-refractivity contribution in [2.75, 3.05) is 0 Å². The van der Waals surface area contributed by atoms with Crippen LogP contribution in [0.5, 0.6) is 0 Å². The van der Waals surface area contributed by atoms with Gasteiger partial charge < -0.3 is 5.11 Å². The van der Waals surface area contributed by atoms with E-state index in [1.54, 1.807) is 18.2 Å². The normalized spacial score (nSPS) is 13.1. The molecule has 0 aliphatic heterocycles. The summed E-state index contributed by atoms with van der Waals surface area (Å²) in [5.74, 6) is -1.73. The van der Waals surface area contributed by atoms with Gasteiger partial charge in [0.2, 0.25) is 0 Å². The lowest BCUT2D eigenvalue weighted by molar-refractivity contribution is -0.141. The monoisotopic (exact) mass is 430 g/mol. The predicted octanol–water partition coefficient (Wildman–Crippen LogP) is 5.67. The summed E-state index contributed by atoms with van der Waals surface area (Å²) in [5, 5.41) is 14.8. The Morgan fingerprint density at radius 2 is 1.93 bits per heavy atom. The smallest absolute Gasteiger partial charge is 0.416 e. The third kappa shape index (κ3) is 4.25. The predicted molar refractivity (Wildman–Crippen MR) is 101 cm³/mol. The SMILES string of the molecule is CC(Cc1nn(Cc2ccc(Cl)cc2Cl)c2cc(C(F)(F)F)ccc12)C(=O)O. The van der Waals surface area contributed by atoms with Gasteiger partial charge in [-0.1, -0.05) is 42.3 Å². The number of aromatic nitrogens is 2. The Hall–Kier alpha value is -2.25. The number of carboxylic acid groups (broad SMARTS) is 1. The summed E-state index contributed by atoms with van der Waals surface area (Å²) in [6.07, 6.45) is -4.41. The van der Waals surface area contributed by atoms with Crippen LogP contribution in [0, 0.1) is 5.92 Å². The Kier molecular flexibility index (Phi) is 5.59. The minimum Gasteiger partial charge on any atom is -0.481 e. The number of fused-ring (bicyclic) bond motifs is 1. The van der Waals surface area contributed by atoms with Crippen LogP contribution in [0.3, 0.4) is 0 Å². The van der Waals surface area contributed by atoms with Crippen molar-refractivity contribution < 1.29 is 23.1 Å². The summed E-state index contributed by atoms with van der Waals surface area (Å²) in [5.41, 5.74) is 0.504. The Balaban J connectivity index is 2.11. The number of hydrogen-bond donors (Lipinski definition) is 1. The van der Waals surface area contributed by atoms with Gasteiger partial charge in [-0.25, -0.2) is 0 Å². The second-order valence-corrected chi connectivity index (χ2v) is 7.36. The Bertz CT molecular complexity index is 1050. The molecule has 1 N–H and O–H groups in total. The summed E-state index contributed by atoms with van der Waals surface area (Å²) < 4.78 is 40.9. The highest BCUT2D eigenvalue weighted by Crippen LogP contribution is 2.33. The van der Waals surface area contributed by atoms with Crippen molar-refractivity contribution in [2.45, 2.75) is 26.1 Å². The number of hydrogen-bond acceptors (Lipinski definition) is 2. The Morgan fingerprint density at radius 1 is 1.21 bits per heavy atom. The average molecular weight is 431 g/mol. The molecule has 0 aliphatic rings. The van der Waals surface area contributed by atoms with Crippen molar-refractivity contribution in [1.29, 1.82) is 0 Å². The number of benzene rings is 2. The van der Waals surface area contributed by atoms with Crippen LogP contribution in [-0.2, 0) is 23.9 Å². The molecule has 148 valence electrons. The van der Waals surface area contributed by atoms with Gasteiger partial charge in [0.25, 0.3) is 0 Å². The molecular formula is C19H15Cl2F3N2O2. The number of carbonyl (C=O) groups is 1. The molecular weight excluding hydrogens is 416 g/mol. The van der Waals surface area contributed by atoms with E-state index >= 15 is 0 Å². The molecule has 2 aromatic carbocycles. The topological polar surface area (TPSA) is 55.1 Å². The minimum atomic E-state index is -4.50. The van der Waals surface area contributed by atoms with E-state index in [0.717, 1.165) is 12.1 Å². The summed E-state index contributed by atoms with van der Waals surface area (Å²) in [7, 11) is 0. The first-order chi connectivity index (χ1) is 13.1. The van der Waals surface area contributed by atoms with Gasteiger partial charge in [0, 0.05) is 21.9 Å². The van der Waals surface area contributed by atoms with Crippen LogP contribution < -0.4 is 0 Å². The second kappa shape index (κ2) is 7.64. The lowest BCUT2D eigenvalue weighted by Crippen LogP contribution is -2.13. The molecule has 0 radical (unpaired) electrons. The molecule has 3 aromatic rings. The van der Waals surface area contributed by atoms with Crippen molar-refractivity contribution in [3.8, 4) is 0 Å². The maximum atomic E-state index is 13.2. The first kappa shape index (κ1) is 20.5. The Morgan fingerprint density at radius 3 is 2.54 bits per heavy atom. The average Bonchev–Trinajstić information content (AvgIpc) is 2.93. The van der Waals surface area contributed by atoms with Crippen LogP contribution >= 0.6 is 23.2 Å². The van der Waals surface area contributed by atoms with E-state index in [2.05, 4.69) is 5.10 Å². The van der Waals surface area contributed by atoms with Gasteiger partial charge in [0.05, 0.1) is 29.2 Å². The van der Waals surface area contributed by atoms with Gasteiger partial charge >= 0.3 is 12.1 Å². The number of rotatable bonds is 5. The maximum absolute atomic E-state index is 13.2. The molecule has 0 aliphatic carbocycles. The zero-order valence-electron chi connectivity index (χ0n) is 14.6. The molecule has 1 aromatic heterocycles. The fourth-order valence-corrected chi connectivity index (χ4v) is 3.35. The van der Waals surface area contributed by atoms with E-state index in [0.29, 0.717) is 26.7 Å². The Labute approximate surface area is 168 Å². The van der Waals surface area contributed by atoms with Crippen LogP contribution in [0.1, 0.15) is 23.7 Å². The van der Waals surface area contributed by atoms with Gasteiger partial charge in [0.1, 0.15) is 0 Å². The molecule has 1 atom stereocenters. The summed E-state index contributed by atoms with van der Waals surface area (Å²) >= 11 is 12.1. The van der Waals surface area contributed by atoms with Gasteiger partial charge in [-0.05, 0) is 29.8 Å². The zero-order valence-corrected chi connectivity index (χ0v) is 16.1. The van der Waals surface area contributed by atoms with Crippen LogP contribution in [0.2, 0.25) is 10.0 Å². The van der Waals surface area contributed by atoms with Crippen molar-refractivity contribution in [1.82, 2.24) is 9.78 Å². The van der Waals surface area contributed by atoms with E-state index in [-0.39, 0.29) is 18.5 Å². The highest BCUT2D eigenvalue weighted by atomic mass is 35.5. The molecule has 4 nitrogen and oxygen atoms in total. The van der Waals surface area contributed by atoms with Crippen molar-refractivity contribution in [2.24, 2.45) is 5.92 Å². The van der Waals surface area contributed by atoms with E-state index in [1.807, 2.05) is 0 Å². The molecule has 0 saturated heterocycles. The molecule has 1 heterocycles. The summed E-state index contributed by atoms with van der Waals surface area (Å²) in [6.45, 7) is 1.64. The zero-order chi connectivity index (χ0) is 20.6. The third-order valence-electron chi connectivity index (χ3n) is 4.41. The lowest BCUT2D eigenvalue weighted by Gasteiger charge is -2.09. The molecule has 1 unspecified atom stereocenters. The summed E-state index contributed by atoms with van der Waals surface area (Å²) in [4.78, 5) is 11.2. The van der Waals surface area contributed by atoms with Crippen molar-refractivity contribution in [3.05, 3.63) is 63.3 Å². The third-order valence-corrected chi connectivity index (χ3v) is 5.00. The second-order valence-electron chi connectivity index (χ2n) is 6.51. The highest BCUT2D eigenvalue weighted by Gasteiger charge is 2.31. The lowest BCUT2D eigenvalue weighted by atomic mass is 10.0. The quantitative estimate of drug-likeness (QED) is 0.566. The van der Waals surface area contributed by atoms with Crippen LogP contribution in [0.25, 0.3) is 10.9 Å². The number of halogens is 5. The number of nitrogens with zero attached hydrogens (tertiary/aromatic N) is 2. The number of carboxylic acids is 1. The minimum absolute atomic E-state index is 0.0958. The van der Waals surface area contributed by atoms with Crippen LogP contribution in [-0.4, -0.2) is 20.9 Å². The molecule has 28 heavy (non-hydrogen) atoms. The van der Waals surface area contributed by atoms with Gasteiger partial charge in [0.15, 0.2) is 0 Å². The van der Waals surface area contributed by atoms with E-state index in [4.69, 9.17) is 28.3 Å². The molecule has 9 heteroatoms. The van der Waals surface area contributed by atoms with E-state index < -0.39 is 23.6 Å². The molecule has 0 amide bonds. The molecule has 0 bridgehead atoms. The van der Waals surface area contributed by atoms with Crippen LogP contribution in [0.4, 0.5) is 13.2 Å². The van der Waals surface area contributed by atoms with Gasteiger partial charge in [-0.15, -0.1) is 0 Å². The fourth-order valence-electron chi connectivity index (χ4n) is 2.88. The van der Waals surface area contributed by atoms with Crippen LogP contribution in [0.15, 0.2) is 36.4 Å². The van der Waals surface area contributed by atoms with Gasteiger partial charge in [-0.3, -0.25) is 9.48 Å². The maximum Gasteiger partial charge on any atom is 0.416 e.